The van der Waals surface area contributed by atoms with Crippen molar-refractivity contribution in [2.24, 2.45) is 4.40 Å². The summed E-state index contributed by atoms with van der Waals surface area (Å²) in [5.74, 6) is 0. The molecule has 40 valence electrons. The molecule has 0 aromatic carbocycles. The average Bonchev–Trinajstić information content (AvgIpc) is 1.68. The van der Waals surface area contributed by atoms with Crippen molar-refractivity contribution in [3.05, 3.63) is 9.66 Å². The van der Waals surface area contributed by atoms with Crippen LogP contribution in [0.5, 0.6) is 0 Å². The van der Waals surface area contributed by atoms with Gasteiger partial charge in [-0.2, -0.15) is 0 Å². The lowest BCUT2D eigenvalue weighted by Crippen LogP contribution is -1.68. The third-order valence-corrected chi connectivity index (χ3v) is 1.53. The van der Waals surface area contributed by atoms with Crippen LogP contribution in [-0.4, -0.2) is 6.21 Å². The lowest BCUT2D eigenvalue weighted by Gasteiger charge is -1.78. The summed E-state index contributed by atoms with van der Waals surface area (Å²) in [6, 6.07) is 0. The summed E-state index contributed by atoms with van der Waals surface area (Å²) in [6.45, 7) is 1.96. The molecule has 3 heteroatoms. The second-order valence-corrected chi connectivity index (χ2v) is 1.95. The van der Waals surface area contributed by atoms with E-state index in [0.29, 0.717) is 0 Å². The Bertz CT molecular complexity index is 97.9. The number of rotatable bonds is 1. The Labute approximate surface area is 62.6 Å². The highest BCUT2D eigenvalue weighted by atomic mass is 127. The molecule has 0 spiro atoms. The predicted molar refractivity (Wildman–Crippen MR) is 45.3 cm³/mol. The molecular weight excluding hydrogens is 221 g/mol. The van der Waals surface area contributed by atoms with E-state index in [0.717, 1.165) is 5.57 Å². The zero-order valence-corrected chi connectivity index (χ0v) is 6.98. The Morgan fingerprint density at radius 3 is 2.57 bits per heavy atom. The zero-order chi connectivity index (χ0) is 5.70. The van der Waals surface area contributed by atoms with E-state index in [4.69, 9.17) is 0 Å². The van der Waals surface area contributed by atoms with Gasteiger partial charge in [0.1, 0.15) is 0 Å². The molecule has 0 radical (unpaired) electrons. The van der Waals surface area contributed by atoms with Crippen molar-refractivity contribution < 1.29 is 0 Å². The molecule has 0 aliphatic rings. The van der Waals surface area contributed by atoms with Gasteiger partial charge < -0.3 is 0 Å². The van der Waals surface area contributed by atoms with Crippen molar-refractivity contribution >= 4 is 41.6 Å². The summed E-state index contributed by atoms with van der Waals surface area (Å²) in [6.07, 6.45) is 1.69. The van der Waals surface area contributed by atoms with Crippen molar-refractivity contribution in [3.63, 3.8) is 0 Å². The second-order valence-electron chi connectivity index (χ2n) is 1.10. The summed E-state index contributed by atoms with van der Waals surface area (Å²) in [5, 5.41) is 0. The van der Waals surface area contributed by atoms with Crippen molar-refractivity contribution in [3.8, 4) is 0 Å². The van der Waals surface area contributed by atoms with Gasteiger partial charge in [-0.25, -0.2) is 4.40 Å². The number of hydrogen-bond donors (Lipinski definition) is 1. The van der Waals surface area contributed by atoms with Gasteiger partial charge in [0.05, 0.1) is 0 Å². The number of thiol groups is 1. The van der Waals surface area contributed by atoms with Crippen LogP contribution in [-0.2, 0) is 0 Å². The molecule has 0 aliphatic carbocycles. The van der Waals surface area contributed by atoms with Crippen LogP contribution in [0.15, 0.2) is 14.1 Å². The second kappa shape index (κ2) is 4.64. The molecule has 0 saturated heterocycles. The summed E-state index contributed by atoms with van der Waals surface area (Å²) < 4.78 is 5.44. The lowest BCUT2D eigenvalue weighted by atomic mass is 10.4. The molecule has 0 aromatic heterocycles. The first-order valence-corrected chi connectivity index (χ1v) is 3.40. The number of halogens is 1. The molecule has 0 atom stereocenters. The largest absolute Gasteiger partial charge is 0.228 e. The monoisotopic (exact) mass is 227 g/mol. The SMILES string of the molecule is C/C(C=NS)=C/I. The fourth-order valence-corrected chi connectivity index (χ4v) is 0.462. The fourth-order valence-electron chi connectivity index (χ4n) is 0.119. The van der Waals surface area contributed by atoms with E-state index in [1.807, 2.05) is 11.0 Å². The highest BCUT2D eigenvalue weighted by Gasteiger charge is 1.73. The van der Waals surface area contributed by atoms with E-state index in [2.05, 4.69) is 39.8 Å². The van der Waals surface area contributed by atoms with Gasteiger partial charge in [-0.05, 0) is 29.4 Å². The van der Waals surface area contributed by atoms with Crippen LogP contribution < -0.4 is 0 Å². The number of allylic oxidation sites excluding steroid dienone is 1. The molecule has 0 aromatic rings. The predicted octanol–water partition coefficient (Wildman–Crippen LogP) is 2.24. The molecule has 0 N–H and O–H groups in total. The molecule has 0 saturated carbocycles. The Hall–Kier alpha value is 0.490. The Morgan fingerprint density at radius 1 is 1.86 bits per heavy atom. The highest BCUT2D eigenvalue weighted by molar-refractivity contribution is 14.1. The van der Waals surface area contributed by atoms with Gasteiger partial charge in [-0.1, -0.05) is 22.6 Å². The van der Waals surface area contributed by atoms with Crippen LogP contribution in [0.3, 0.4) is 0 Å². The minimum absolute atomic E-state index is 1.12. The third kappa shape index (κ3) is 4.34. The molecule has 0 aliphatic heterocycles. The molecule has 0 heterocycles. The first-order valence-electron chi connectivity index (χ1n) is 1.75. The molecule has 0 amide bonds. The van der Waals surface area contributed by atoms with Gasteiger partial charge in [0.2, 0.25) is 0 Å². The van der Waals surface area contributed by atoms with Gasteiger partial charge >= 0.3 is 0 Å². The van der Waals surface area contributed by atoms with Gasteiger partial charge in [0.15, 0.2) is 0 Å². The molecule has 0 unspecified atom stereocenters. The van der Waals surface area contributed by atoms with Gasteiger partial charge in [0, 0.05) is 6.21 Å². The van der Waals surface area contributed by atoms with E-state index in [9.17, 15) is 0 Å². The van der Waals surface area contributed by atoms with E-state index in [1.165, 1.54) is 0 Å². The van der Waals surface area contributed by atoms with Gasteiger partial charge in [0.25, 0.3) is 0 Å². The summed E-state index contributed by atoms with van der Waals surface area (Å²) in [7, 11) is 0. The van der Waals surface area contributed by atoms with Crippen LogP contribution in [0, 0.1) is 0 Å². The van der Waals surface area contributed by atoms with Crippen molar-refractivity contribution in [2.45, 2.75) is 6.92 Å². The Balaban J connectivity index is 3.58. The standard InChI is InChI=1S/C4H6INS/c1-4(2-5)3-6-7/h2-3,7H,1H3/b4-2-,6-3?. The maximum absolute atomic E-state index is 3.64. The Morgan fingerprint density at radius 2 is 2.43 bits per heavy atom. The van der Waals surface area contributed by atoms with Crippen LogP contribution in [0.1, 0.15) is 6.92 Å². The van der Waals surface area contributed by atoms with Crippen LogP contribution in [0.4, 0.5) is 0 Å². The average molecular weight is 227 g/mol. The van der Waals surface area contributed by atoms with E-state index in [1.54, 1.807) is 6.21 Å². The van der Waals surface area contributed by atoms with E-state index in [-0.39, 0.29) is 0 Å². The van der Waals surface area contributed by atoms with Crippen LogP contribution >= 0.6 is 35.4 Å². The summed E-state index contributed by atoms with van der Waals surface area (Å²) >= 11 is 5.79. The smallest absolute Gasteiger partial charge is 0.0382 e. The number of hydrogen-bond acceptors (Lipinski definition) is 2. The first-order chi connectivity index (χ1) is 3.31. The number of nitrogens with zero attached hydrogens (tertiary/aromatic N) is 1. The molecule has 0 fully saturated rings. The van der Waals surface area contributed by atoms with Crippen LogP contribution in [0.25, 0.3) is 0 Å². The van der Waals surface area contributed by atoms with Gasteiger partial charge in [-0.3, -0.25) is 0 Å². The first kappa shape index (κ1) is 7.49. The van der Waals surface area contributed by atoms with E-state index < -0.39 is 0 Å². The quantitative estimate of drug-likeness (QED) is 0.400. The third-order valence-electron chi connectivity index (χ3n) is 0.433. The highest BCUT2D eigenvalue weighted by Crippen LogP contribution is 1.93. The van der Waals surface area contributed by atoms with Gasteiger partial charge in [-0.15, -0.1) is 0 Å². The molecule has 0 rings (SSSR count). The molecule has 7 heavy (non-hydrogen) atoms. The zero-order valence-electron chi connectivity index (χ0n) is 3.93. The minimum Gasteiger partial charge on any atom is -0.228 e. The van der Waals surface area contributed by atoms with Crippen molar-refractivity contribution in [1.29, 1.82) is 0 Å². The van der Waals surface area contributed by atoms with E-state index >= 15 is 0 Å². The molecule has 0 bridgehead atoms. The fraction of sp³-hybridized carbons (Fsp3) is 0.250. The normalized spacial score (nSPS) is 13.3. The summed E-state index contributed by atoms with van der Waals surface area (Å²) in [5.41, 5.74) is 1.12. The van der Waals surface area contributed by atoms with Crippen molar-refractivity contribution in [2.75, 3.05) is 0 Å². The molecular formula is C4H6INS. The maximum Gasteiger partial charge on any atom is 0.0382 e. The summed E-state index contributed by atoms with van der Waals surface area (Å²) in [4.78, 5) is 0. The molecule has 1 nitrogen and oxygen atoms in total. The Kier molecular flexibility index (Phi) is 4.97. The van der Waals surface area contributed by atoms with Crippen LogP contribution in [0.2, 0.25) is 0 Å². The maximum atomic E-state index is 3.64. The lowest BCUT2D eigenvalue weighted by molar-refractivity contribution is 1.66. The minimum atomic E-state index is 1.12. The topological polar surface area (TPSA) is 12.4 Å². The van der Waals surface area contributed by atoms with Crippen molar-refractivity contribution in [1.82, 2.24) is 0 Å².